The van der Waals surface area contributed by atoms with E-state index >= 15 is 0 Å². The van der Waals surface area contributed by atoms with E-state index in [1.165, 1.54) is 19.3 Å². The lowest BCUT2D eigenvalue weighted by Crippen LogP contribution is -2.33. The molecule has 0 saturated heterocycles. The van der Waals surface area contributed by atoms with Gasteiger partial charge in [-0.15, -0.1) is 0 Å². The second-order valence-corrected chi connectivity index (χ2v) is 7.10. The van der Waals surface area contributed by atoms with Gasteiger partial charge in [-0.3, -0.25) is 9.59 Å². The highest BCUT2D eigenvalue weighted by atomic mass is 16.7. The van der Waals surface area contributed by atoms with Gasteiger partial charge in [0.25, 0.3) is 0 Å². The molecule has 0 heterocycles. The van der Waals surface area contributed by atoms with Gasteiger partial charge in [-0.2, -0.15) is 0 Å². The fourth-order valence-corrected chi connectivity index (χ4v) is 3.63. The van der Waals surface area contributed by atoms with Crippen LogP contribution in [0, 0.1) is 17.8 Å². The summed E-state index contributed by atoms with van der Waals surface area (Å²) in [5, 5.41) is 0. The van der Waals surface area contributed by atoms with Gasteiger partial charge in [-0.1, -0.05) is 50.6 Å². The molecule has 1 fully saturated rings. The molecule has 4 heteroatoms. The van der Waals surface area contributed by atoms with Gasteiger partial charge in [0.15, 0.2) is 6.79 Å². The normalized spacial score (nSPS) is 18.0. The topological polar surface area (TPSA) is 52.6 Å². The van der Waals surface area contributed by atoms with Crippen molar-refractivity contribution < 1.29 is 19.1 Å². The second kappa shape index (κ2) is 9.71. The fraction of sp³-hybridized carbons (Fsp3) is 0.619. The Labute approximate surface area is 150 Å². The van der Waals surface area contributed by atoms with Crippen LogP contribution in [0.3, 0.4) is 0 Å². The summed E-state index contributed by atoms with van der Waals surface area (Å²) < 4.78 is 10.7. The van der Waals surface area contributed by atoms with E-state index in [1.54, 1.807) is 13.8 Å². The molecule has 1 aromatic carbocycles. The predicted octanol–water partition coefficient (Wildman–Crippen LogP) is 4.34. The Morgan fingerprint density at radius 2 is 1.88 bits per heavy atom. The quantitative estimate of drug-likeness (QED) is 0.359. The Hall–Kier alpha value is -1.68. The first-order valence-corrected chi connectivity index (χ1v) is 9.34. The van der Waals surface area contributed by atoms with Crippen LogP contribution < -0.4 is 0 Å². The molecule has 25 heavy (non-hydrogen) atoms. The van der Waals surface area contributed by atoms with E-state index in [1.807, 2.05) is 37.3 Å². The Bertz CT molecular complexity index is 550. The minimum Gasteiger partial charge on any atom is -0.438 e. The monoisotopic (exact) mass is 346 g/mol. The van der Waals surface area contributed by atoms with Gasteiger partial charge >= 0.3 is 5.97 Å². The molecule has 0 radical (unpaired) electrons. The van der Waals surface area contributed by atoms with E-state index in [0.29, 0.717) is 12.5 Å². The third-order valence-corrected chi connectivity index (χ3v) is 5.34. The lowest BCUT2D eigenvalue weighted by Gasteiger charge is -2.29. The molecule has 0 bridgehead atoms. The van der Waals surface area contributed by atoms with Crippen LogP contribution in [0.1, 0.15) is 57.9 Å². The van der Waals surface area contributed by atoms with Crippen LogP contribution in [0.15, 0.2) is 30.3 Å². The van der Waals surface area contributed by atoms with Crippen LogP contribution in [-0.4, -0.2) is 25.2 Å². The van der Waals surface area contributed by atoms with E-state index in [-0.39, 0.29) is 30.4 Å². The summed E-state index contributed by atoms with van der Waals surface area (Å²) in [4.78, 5) is 24.7. The molecule has 4 nitrogen and oxygen atoms in total. The zero-order chi connectivity index (χ0) is 18.2. The van der Waals surface area contributed by atoms with Gasteiger partial charge in [-0.25, -0.2) is 0 Å². The van der Waals surface area contributed by atoms with Crippen LogP contribution in [0.5, 0.6) is 0 Å². The van der Waals surface area contributed by atoms with Crippen LogP contribution in [0.25, 0.3) is 0 Å². The molecule has 3 unspecified atom stereocenters. The van der Waals surface area contributed by atoms with Gasteiger partial charge in [-0.05, 0) is 43.6 Å². The van der Waals surface area contributed by atoms with Gasteiger partial charge in [0, 0.05) is 5.92 Å². The van der Waals surface area contributed by atoms with Crippen molar-refractivity contribution in [2.75, 3.05) is 13.4 Å². The SMILES string of the molecule is CCC(c1ccccc1)C(C(C)=O)C(C)C(=O)OCOCC1CCC1. The smallest absolute Gasteiger partial charge is 0.311 e. The summed E-state index contributed by atoms with van der Waals surface area (Å²) in [5.41, 5.74) is 1.09. The highest BCUT2D eigenvalue weighted by Crippen LogP contribution is 2.34. The maximum atomic E-state index is 12.4. The summed E-state index contributed by atoms with van der Waals surface area (Å²) in [6, 6.07) is 9.92. The number of rotatable bonds is 10. The van der Waals surface area contributed by atoms with E-state index in [9.17, 15) is 9.59 Å². The van der Waals surface area contributed by atoms with E-state index in [2.05, 4.69) is 0 Å². The van der Waals surface area contributed by atoms with Gasteiger partial charge in [0.2, 0.25) is 0 Å². The summed E-state index contributed by atoms with van der Waals surface area (Å²) >= 11 is 0. The Morgan fingerprint density at radius 1 is 1.20 bits per heavy atom. The van der Waals surface area contributed by atoms with Crippen LogP contribution in [-0.2, 0) is 19.1 Å². The molecular formula is C21H30O4. The van der Waals surface area contributed by atoms with E-state index in [4.69, 9.17) is 9.47 Å². The Kier molecular flexibility index (Phi) is 7.63. The van der Waals surface area contributed by atoms with Crippen LogP contribution >= 0.6 is 0 Å². The van der Waals surface area contributed by atoms with Crippen molar-refractivity contribution in [3.05, 3.63) is 35.9 Å². The number of hydrogen-bond donors (Lipinski definition) is 0. The molecule has 1 aliphatic rings. The molecular weight excluding hydrogens is 316 g/mol. The lowest BCUT2D eigenvalue weighted by atomic mass is 9.75. The summed E-state index contributed by atoms with van der Waals surface area (Å²) in [7, 11) is 0. The number of benzene rings is 1. The second-order valence-electron chi connectivity index (χ2n) is 7.10. The first-order chi connectivity index (χ1) is 12.0. The van der Waals surface area contributed by atoms with Crippen LogP contribution in [0.2, 0.25) is 0 Å². The third kappa shape index (κ3) is 5.40. The van der Waals surface area contributed by atoms with Crippen molar-refractivity contribution in [2.24, 2.45) is 17.8 Å². The van der Waals surface area contributed by atoms with Crippen molar-refractivity contribution in [3.63, 3.8) is 0 Å². The van der Waals surface area contributed by atoms with Gasteiger partial charge in [0.1, 0.15) is 5.78 Å². The van der Waals surface area contributed by atoms with Crippen molar-refractivity contribution >= 4 is 11.8 Å². The van der Waals surface area contributed by atoms with Crippen LogP contribution in [0.4, 0.5) is 0 Å². The maximum absolute atomic E-state index is 12.4. The molecule has 2 rings (SSSR count). The van der Waals surface area contributed by atoms with Crippen molar-refractivity contribution in [2.45, 2.75) is 52.4 Å². The number of Topliss-reactive ketones (excluding diaryl/α,β-unsaturated/α-hetero) is 1. The Morgan fingerprint density at radius 3 is 2.40 bits per heavy atom. The lowest BCUT2D eigenvalue weighted by molar-refractivity contribution is -0.165. The highest BCUT2D eigenvalue weighted by molar-refractivity contribution is 5.85. The molecule has 0 aromatic heterocycles. The largest absolute Gasteiger partial charge is 0.438 e. The first kappa shape index (κ1) is 19.6. The van der Waals surface area contributed by atoms with E-state index < -0.39 is 5.92 Å². The van der Waals surface area contributed by atoms with Gasteiger partial charge < -0.3 is 9.47 Å². The molecule has 1 aliphatic carbocycles. The molecule has 0 aliphatic heterocycles. The highest BCUT2D eigenvalue weighted by Gasteiger charge is 2.35. The maximum Gasteiger partial charge on any atom is 0.311 e. The summed E-state index contributed by atoms with van der Waals surface area (Å²) in [6.07, 6.45) is 4.46. The number of ether oxygens (including phenoxy) is 2. The molecule has 0 amide bonds. The summed E-state index contributed by atoms with van der Waals surface area (Å²) in [6.45, 7) is 6.03. The predicted molar refractivity (Wildman–Crippen MR) is 97.1 cm³/mol. The molecule has 3 atom stereocenters. The average molecular weight is 346 g/mol. The number of esters is 1. The third-order valence-electron chi connectivity index (χ3n) is 5.34. The average Bonchev–Trinajstić information content (AvgIpc) is 2.57. The zero-order valence-corrected chi connectivity index (χ0v) is 15.6. The molecule has 1 saturated carbocycles. The number of ketones is 1. The zero-order valence-electron chi connectivity index (χ0n) is 15.6. The first-order valence-electron chi connectivity index (χ1n) is 9.34. The van der Waals surface area contributed by atoms with E-state index in [0.717, 1.165) is 12.0 Å². The minimum atomic E-state index is -0.491. The molecule has 0 spiro atoms. The molecule has 138 valence electrons. The fourth-order valence-electron chi connectivity index (χ4n) is 3.63. The number of hydrogen-bond acceptors (Lipinski definition) is 4. The molecule has 1 aromatic rings. The minimum absolute atomic E-state index is 0.0112. The number of carbonyl (C=O) groups excluding carboxylic acids is 2. The van der Waals surface area contributed by atoms with Crippen molar-refractivity contribution in [1.82, 2.24) is 0 Å². The number of carbonyl (C=O) groups is 2. The summed E-state index contributed by atoms with van der Waals surface area (Å²) in [5.74, 6) is -0.582. The van der Waals surface area contributed by atoms with Crippen molar-refractivity contribution in [1.29, 1.82) is 0 Å². The molecule has 0 N–H and O–H groups in total. The van der Waals surface area contributed by atoms with Gasteiger partial charge in [0.05, 0.1) is 12.5 Å². The standard InChI is InChI=1S/C21H30O4/c1-4-19(18-11-6-5-7-12-18)20(16(3)22)15(2)21(23)25-14-24-13-17-9-8-10-17/h5-7,11-12,15,17,19-20H,4,8-10,13-14H2,1-3H3. The Balaban J connectivity index is 1.94. The van der Waals surface area contributed by atoms with Crippen molar-refractivity contribution in [3.8, 4) is 0 Å².